The average molecular weight is 412 g/mol. The van der Waals surface area contributed by atoms with E-state index in [2.05, 4.69) is 36.2 Å². The van der Waals surface area contributed by atoms with Gasteiger partial charge in [-0.25, -0.2) is 4.39 Å². The molecular formula is C26H21FN2O2. The third kappa shape index (κ3) is 3.22. The summed E-state index contributed by atoms with van der Waals surface area (Å²) >= 11 is 0. The third-order valence-electron chi connectivity index (χ3n) is 5.90. The first kappa shape index (κ1) is 19.2. The maximum Gasteiger partial charge on any atom is 0.258 e. The number of pyridine rings is 1. The second-order valence-corrected chi connectivity index (χ2v) is 8.15. The van der Waals surface area contributed by atoms with Crippen molar-refractivity contribution < 1.29 is 14.3 Å². The van der Waals surface area contributed by atoms with Crippen LogP contribution in [0.4, 0.5) is 4.39 Å². The predicted octanol–water partition coefficient (Wildman–Crippen LogP) is 5.23. The summed E-state index contributed by atoms with van der Waals surface area (Å²) in [6.45, 7) is 2.44. The Hall–Kier alpha value is -3.73. The number of hydrogen-bond acceptors (Lipinski definition) is 3. The van der Waals surface area contributed by atoms with Crippen molar-refractivity contribution in [1.82, 2.24) is 9.88 Å². The van der Waals surface area contributed by atoms with E-state index in [0.717, 1.165) is 33.2 Å². The van der Waals surface area contributed by atoms with E-state index in [9.17, 15) is 14.3 Å². The number of carbonyl (C=O) groups excluding carboxylic acids is 1. The van der Waals surface area contributed by atoms with Gasteiger partial charge in [-0.2, -0.15) is 0 Å². The molecule has 5 rings (SSSR count). The zero-order valence-electron chi connectivity index (χ0n) is 17.3. The van der Waals surface area contributed by atoms with Crippen LogP contribution in [0.15, 0.2) is 60.8 Å². The van der Waals surface area contributed by atoms with Crippen molar-refractivity contribution in [3.63, 3.8) is 0 Å². The van der Waals surface area contributed by atoms with Crippen LogP contribution in [0.1, 0.15) is 32.6 Å². The van der Waals surface area contributed by atoms with Gasteiger partial charge in [-0.1, -0.05) is 42.0 Å². The molecule has 4 nitrogen and oxygen atoms in total. The summed E-state index contributed by atoms with van der Waals surface area (Å²) in [4.78, 5) is 18.8. The quantitative estimate of drug-likeness (QED) is 0.501. The first-order valence-corrected chi connectivity index (χ1v) is 10.2. The van der Waals surface area contributed by atoms with Gasteiger partial charge in [-0.05, 0) is 59.4 Å². The molecule has 1 aromatic heterocycles. The van der Waals surface area contributed by atoms with E-state index in [-0.39, 0.29) is 23.0 Å². The molecule has 3 aromatic carbocycles. The molecule has 0 radical (unpaired) electrons. The SMILES string of the molecule is Cc1ccc(Cc2cnc3c(O)c4c(c(-c5ccc(F)cc5)c3c2)CN(C)C4=O)cc1. The lowest BCUT2D eigenvalue weighted by atomic mass is 9.90. The fraction of sp³-hybridized carbons (Fsp3) is 0.154. The summed E-state index contributed by atoms with van der Waals surface area (Å²) in [6.07, 6.45) is 2.44. The largest absolute Gasteiger partial charge is 0.505 e. The molecule has 0 saturated heterocycles. The number of aromatic nitrogens is 1. The zero-order chi connectivity index (χ0) is 21.7. The lowest BCUT2D eigenvalue weighted by molar-refractivity contribution is 0.0814. The number of rotatable bonds is 3. The summed E-state index contributed by atoms with van der Waals surface area (Å²) in [5.41, 5.74) is 6.39. The minimum absolute atomic E-state index is 0.0907. The van der Waals surface area contributed by atoms with Crippen molar-refractivity contribution in [2.75, 3.05) is 7.05 Å². The van der Waals surface area contributed by atoms with Crippen LogP contribution in [0, 0.1) is 12.7 Å². The number of phenols is 1. The van der Waals surface area contributed by atoms with Gasteiger partial charge in [0.1, 0.15) is 11.3 Å². The maximum absolute atomic E-state index is 13.6. The Morgan fingerprint density at radius 2 is 1.74 bits per heavy atom. The van der Waals surface area contributed by atoms with Crippen molar-refractivity contribution in [3.8, 4) is 16.9 Å². The van der Waals surface area contributed by atoms with Crippen LogP contribution in [0.5, 0.6) is 5.75 Å². The molecule has 0 atom stereocenters. The molecule has 0 fully saturated rings. The smallest absolute Gasteiger partial charge is 0.258 e. The number of halogens is 1. The summed E-state index contributed by atoms with van der Waals surface area (Å²) in [5.74, 6) is -0.648. The molecule has 4 aromatic rings. The lowest BCUT2D eigenvalue weighted by Crippen LogP contribution is -2.17. The van der Waals surface area contributed by atoms with Gasteiger partial charge < -0.3 is 10.0 Å². The Bertz CT molecular complexity index is 1330. The lowest BCUT2D eigenvalue weighted by Gasteiger charge is -2.15. The van der Waals surface area contributed by atoms with Gasteiger partial charge in [0.25, 0.3) is 5.91 Å². The fourth-order valence-electron chi connectivity index (χ4n) is 4.31. The molecule has 2 heterocycles. The molecule has 5 heteroatoms. The van der Waals surface area contributed by atoms with Gasteiger partial charge in [0.05, 0.1) is 5.56 Å². The first-order chi connectivity index (χ1) is 14.9. The Morgan fingerprint density at radius 3 is 2.45 bits per heavy atom. The third-order valence-corrected chi connectivity index (χ3v) is 5.90. The fourth-order valence-corrected chi connectivity index (χ4v) is 4.31. The van der Waals surface area contributed by atoms with Crippen LogP contribution < -0.4 is 0 Å². The number of aromatic hydroxyl groups is 1. The molecule has 0 aliphatic carbocycles. The summed E-state index contributed by atoms with van der Waals surface area (Å²) in [6, 6.07) is 16.6. The number of aryl methyl sites for hydroxylation is 1. The molecule has 0 saturated carbocycles. The Labute approximate surface area is 179 Å². The average Bonchev–Trinajstić information content (AvgIpc) is 3.05. The molecule has 0 unspecified atom stereocenters. The predicted molar refractivity (Wildman–Crippen MR) is 119 cm³/mol. The van der Waals surface area contributed by atoms with Gasteiger partial charge in [-0.15, -0.1) is 0 Å². The van der Waals surface area contributed by atoms with Gasteiger partial charge in [-0.3, -0.25) is 9.78 Å². The zero-order valence-corrected chi connectivity index (χ0v) is 17.3. The minimum atomic E-state index is -0.324. The van der Waals surface area contributed by atoms with Gasteiger partial charge in [0.2, 0.25) is 0 Å². The van der Waals surface area contributed by atoms with Crippen LogP contribution in [-0.4, -0.2) is 27.9 Å². The van der Waals surface area contributed by atoms with Crippen molar-refractivity contribution in [3.05, 3.63) is 94.4 Å². The highest BCUT2D eigenvalue weighted by atomic mass is 19.1. The van der Waals surface area contributed by atoms with Crippen molar-refractivity contribution in [2.24, 2.45) is 0 Å². The van der Waals surface area contributed by atoms with Crippen LogP contribution in [0.2, 0.25) is 0 Å². The number of nitrogens with zero attached hydrogens (tertiary/aromatic N) is 2. The topological polar surface area (TPSA) is 53.4 Å². The maximum atomic E-state index is 13.6. The van der Waals surface area contributed by atoms with Crippen LogP contribution in [0.25, 0.3) is 22.0 Å². The van der Waals surface area contributed by atoms with Crippen molar-refractivity contribution >= 4 is 16.8 Å². The van der Waals surface area contributed by atoms with Crippen molar-refractivity contribution in [2.45, 2.75) is 19.9 Å². The van der Waals surface area contributed by atoms with E-state index in [4.69, 9.17) is 0 Å². The number of fused-ring (bicyclic) bond motifs is 2. The summed E-state index contributed by atoms with van der Waals surface area (Å²) < 4.78 is 13.6. The second kappa shape index (κ2) is 7.20. The molecule has 1 aliphatic rings. The van der Waals surface area contributed by atoms with E-state index in [1.54, 1.807) is 30.3 Å². The standard InChI is InChI=1S/C26H21FN2O2/c1-15-3-5-16(6-4-15)11-17-12-20-22(18-7-9-19(27)10-8-18)21-14-29(2)26(31)23(21)25(30)24(20)28-13-17/h3-10,12-13,30H,11,14H2,1-2H3. The number of benzene rings is 3. The molecule has 154 valence electrons. The van der Waals surface area contributed by atoms with Crippen LogP contribution >= 0.6 is 0 Å². The van der Waals surface area contributed by atoms with Crippen molar-refractivity contribution in [1.29, 1.82) is 0 Å². The monoisotopic (exact) mass is 412 g/mol. The van der Waals surface area contributed by atoms with Gasteiger partial charge in [0, 0.05) is 25.2 Å². The number of carbonyl (C=O) groups is 1. The number of phenolic OH excluding ortho intramolecular Hbond substituents is 1. The Morgan fingerprint density at radius 1 is 1.03 bits per heavy atom. The Kier molecular flexibility index (Phi) is 4.47. The summed E-state index contributed by atoms with van der Waals surface area (Å²) in [5, 5.41) is 11.7. The van der Waals surface area contributed by atoms with E-state index in [1.165, 1.54) is 17.7 Å². The second-order valence-electron chi connectivity index (χ2n) is 8.15. The minimum Gasteiger partial charge on any atom is -0.505 e. The number of hydrogen-bond donors (Lipinski definition) is 1. The molecule has 1 amide bonds. The molecule has 0 bridgehead atoms. The Balaban J connectivity index is 1.75. The van der Waals surface area contributed by atoms with E-state index in [1.807, 2.05) is 6.07 Å². The normalized spacial score (nSPS) is 13.1. The van der Waals surface area contributed by atoms with E-state index in [0.29, 0.717) is 18.5 Å². The van der Waals surface area contributed by atoms with Crippen LogP contribution in [-0.2, 0) is 13.0 Å². The number of amides is 1. The highest BCUT2D eigenvalue weighted by Gasteiger charge is 2.33. The first-order valence-electron chi connectivity index (χ1n) is 10.2. The van der Waals surface area contributed by atoms with E-state index < -0.39 is 0 Å². The highest BCUT2D eigenvalue weighted by Crippen LogP contribution is 2.44. The van der Waals surface area contributed by atoms with Gasteiger partial charge >= 0.3 is 0 Å². The highest BCUT2D eigenvalue weighted by molar-refractivity contribution is 6.12. The molecule has 1 aliphatic heterocycles. The molecule has 1 N–H and O–H groups in total. The molecular weight excluding hydrogens is 391 g/mol. The molecule has 31 heavy (non-hydrogen) atoms. The van der Waals surface area contributed by atoms with Gasteiger partial charge in [0.15, 0.2) is 5.75 Å². The summed E-state index contributed by atoms with van der Waals surface area (Å²) in [7, 11) is 1.71. The molecule has 0 spiro atoms. The van der Waals surface area contributed by atoms with E-state index >= 15 is 0 Å². The van der Waals surface area contributed by atoms with Crippen LogP contribution in [0.3, 0.4) is 0 Å².